The number of nitrogens with one attached hydrogen (secondary N) is 3. The molecule has 0 radical (unpaired) electrons. The van der Waals surface area contributed by atoms with Crippen LogP contribution in [0.1, 0.15) is 22.4 Å². The Morgan fingerprint density at radius 1 is 1.23 bits per heavy atom. The van der Waals surface area contributed by atoms with Crippen molar-refractivity contribution < 1.29 is 23.8 Å². The third kappa shape index (κ3) is 5.02. The van der Waals surface area contributed by atoms with Crippen LogP contribution in [0.4, 0.5) is 22.2 Å². The molecule has 0 spiro atoms. The maximum Gasteiger partial charge on any atom is 0.330 e. The Labute approximate surface area is 231 Å². The van der Waals surface area contributed by atoms with Gasteiger partial charge in [0.15, 0.2) is 0 Å². The van der Waals surface area contributed by atoms with Crippen molar-refractivity contribution in [1.82, 2.24) is 25.5 Å². The molecule has 3 amide bonds. The molecule has 1 saturated heterocycles. The van der Waals surface area contributed by atoms with Gasteiger partial charge in [-0.2, -0.15) is 10.1 Å². The molecule has 3 N–H and O–H groups in total. The number of benzene rings is 1. The van der Waals surface area contributed by atoms with E-state index >= 15 is 0 Å². The second-order valence-corrected chi connectivity index (χ2v) is 9.57. The van der Waals surface area contributed by atoms with E-state index in [4.69, 9.17) is 19.2 Å². The lowest BCUT2D eigenvalue weighted by molar-refractivity contribution is -0.117. The number of rotatable bonds is 9. The lowest BCUT2D eigenvalue weighted by Gasteiger charge is -2.37. The summed E-state index contributed by atoms with van der Waals surface area (Å²) in [5, 5.41) is 13.1. The number of urea groups is 1. The summed E-state index contributed by atoms with van der Waals surface area (Å²) in [6, 6.07) is 2.82. The molecule has 2 unspecified atom stereocenters. The highest BCUT2D eigenvalue weighted by Gasteiger charge is 2.37. The van der Waals surface area contributed by atoms with Crippen LogP contribution in [-0.2, 0) is 22.6 Å². The number of anilines is 3. The van der Waals surface area contributed by atoms with E-state index in [0.29, 0.717) is 42.2 Å². The van der Waals surface area contributed by atoms with Gasteiger partial charge in [-0.05, 0) is 26.0 Å². The van der Waals surface area contributed by atoms with Gasteiger partial charge in [0.2, 0.25) is 11.9 Å². The topological polar surface area (TPSA) is 147 Å². The fourth-order valence-electron chi connectivity index (χ4n) is 5.07. The molecule has 3 aromatic rings. The zero-order chi connectivity index (χ0) is 28.4. The highest BCUT2D eigenvalue weighted by atomic mass is 16.5. The first-order valence-electron chi connectivity index (χ1n) is 12.8. The van der Waals surface area contributed by atoms with Crippen LogP contribution < -0.4 is 29.9 Å². The molecule has 4 heterocycles. The fraction of sp³-hybridized carbons (Fsp3) is 0.370. The first-order chi connectivity index (χ1) is 19.3. The number of hydrogen-bond donors (Lipinski definition) is 3. The SMILES string of the molecule is C=CC(=O)NC1COCC1Nc1ncc2c(n1)N(Cc1ccn[nH]1)C(=O)N(c1c(C)c(OC)cc(OC)c1C)C2. The predicted octanol–water partition coefficient (Wildman–Crippen LogP) is 2.46. The first kappa shape index (κ1) is 26.9. The summed E-state index contributed by atoms with van der Waals surface area (Å²) in [6.45, 7) is 8.50. The molecule has 2 aromatic heterocycles. The summed E-state index contributed by atoms with van der Waals surface area (Å²) < 4.78 is 16.7. The lowest BCUT2D eigenvalue weighted by Crippen LogP contribution is -2.48. The van der Waals surface area contributed by atoms with E-state index in [1.165, 1.54) is 6.08 Å². The van der Waals surface area contributed by atoms with Gasteiger partial charge < -0.3 is 24.8 Å². The summed E-state index contributed by atoms with van der Waals surface area (Å²) in [6.07, 6.45) is 4.56. The van der Waals surface area contributed by atoms with Gasteiger partial charge in [0.05, 0.1) is 64.0 Å². The number of fused-ring (bicyclic) bond motifs is 1. The second-order valence-electron chi connectivity index (χ2n) is 9.57. The molecular formula is C27H32N8O5. The van der Waals surface area contributed by atoms with Crippen molar-refractivity contribution >= 4 is 29.4 Å². The molecular weight excluding hydrogens is 516 g/mol. The van der Waals surface area contributed by atoms with Gasteiger partial charge in [-0.25, -0.2) is 9.78 Å². The number of carbonyl (C=O) groups excluding carboxylic acids is 2. The molecule has 5 rings (SSSR count). The molecule has 13 nitrogen and oxygen atoms in total. The van der Waals surface area contributed by atoms with Gasteiger partial charge in [-0.1, -0.05) is 6.58 Å². The van der Waals surface area contributed by atoms with Crippen molar-refractivity contribution in [3.05, 3.63) is 59.6 Å². The maximum absolute atomic E-state index is 14.2. The minimum Gasteiger partial charge on any atom is -0.496 e. The maximum atomic E-state index is 14.2. The lowest BCUT2D eigenvalue weighted by atomic mass is 10.0. The minimum atomic E-state index is -0.287. The number of ether oxygens (including phenoxy) is 3. The standard InChI is InChI=1S/C27H32N8O5/c1-6-23(36)30-19-13-40-14-20(19)31-26-28-10-17-11-34(24-15(2)21(38-4)9-22(39-5)16(24)3)27(37)35(25(17)32-26)12-18-7-8-29-33-18/h6-10,19-20H,1,11-14H2,2-5H3,(H,29,33)(H,30,36)(H,28,31,32). The molecule has 2 atom stereocenters. The smallest absolute Gasteiger partial charge is 0.330 e. The summed E-state index contributed by atoms with van der Waals surface area (Å²) in [5.41, 5.74) is 3.82. The monoisotopic (exact) mass is 548 g/mol. The summed E-state index contributed by atoms with van der Waals surface area (Å²) in [5.74, 6) is 1.74. The van der Waals surface area contributed by atoms with Gasteiger partial charge in [-0.15, -0.1) is 0 Å². The second kappa shape index (κ2) is 11.2. The molecule has 40 heavy (non-hydrogen) atoms. The van der Waals surface area contributed by atoms with Crippen molar-refractivity contribution in [3.8, 4) is 11.5 Å². The molecule has 0 bridgehead atoms. The molecule has 0 saturated carbocycles. The Balaban J connectivity index is 1.52. The van der Waals surface area contributed by atoms with Gasteiger partial charge in [-0.3, -0.25) is 19.7 Å². The van der Waals surface area contributed by atoms with Crippen molar-refractivity contribution in [3.63, 3.8) is 0 Å². The van der Waals surface area contributed by atoms with E-state index in [1.54, 1.807) is 42.5 Å². The summed E-state index contributed by atoms with van der Waals surface area (Å²) in [4.78, 5) is 38.6. The van der Waals surface area contributed by atoms with Crippen LogP contribution in [0.2, 0.25) is 0 Å². The van der Waals surface area contributed by atoms with Crippen LogP contribution in [0.15, 0.2) is 37.2 Å². The van der Waals surface area contributed by atoms with Gasteiger partial charge >= 0.3 is 6.03 Å². The van der Waals surface area contributed by atoms with E-state index < -0.39 is 0 Å². The van der Waals surface area contributed by atoms with Gasteiger partial charge in [0.1, 0.15) is 17.3 Å². The molecule has 2 aliphatic rings. The van der Waals surface area contributed by atoms with Crippen molar-refractivity contribution in [1.29, 1.82) is 0 Å². The zero-order valence-electron chi connectivity index (χ0n) is 22.9. The van der Waals surface area contributed by atoms with E-state index in [9.17, 15) is 9.59 Å². The van der Waals surface area contributed by atoms with E-state index in [2.05, 4.69) is 32.4 Å². The highest BCUT2D eigenvalue weighted by molar-refractivity contribution is 6.06. The van der Waals surface area contributed by atoms with Crippen LogP contribution in [0, 0.1) is 13.8 Å². The van der Waals surface area contributed by atoms with Crippen LogP contribution in [-0.4, -0.2) is 71.6 Å². The number of hydrogen-bond acceptors (Lipinski definition) is 9. The van der Waals surface area contributed by atoms with Crippen molar-refractivity contribution in [2.75, 3.05) is 42.5 Å². The Morgan fingerprint density at radius 3 is 2.60 bits per heavy atom. The first-order valence-corrected chi connectivity index (χ1v) is 12.8. The molecule has 2 aliphatic heterocycles. The number of carbonyl (C=O) groups is 2. The van der Waals surface area contributed by atoms with Crippen molar-refractivity contribution in [2.45, 2.75) is 39.0 Å². The zero-order valence-corrected chi connectivity index (χ0v) is 22.9. The van der Waals surface area contributed by atoms with Gasteiger partial charge in [0, 0.05) is 35.2 Å². The Kier molecular flexibility index (Phi) is 7.56. The number of methoxy groups -OCH3 is 2. The third-order valence-electron chi connectivity index (χ3n) is 7.10. The van der Waals surface area contributed by atoms with E-state index in [0.717, 1.165) is 22.4 Å². The quantitative estimate of drug-likeness (QED) is 0.343. The summed E-state index contributed by atoms with van der Waals surface area (Å²) in [7, 11) is 3.17. The highest BCUT2D eigenvalue weighted by Crippen LogP contribution is 2.42. The number of H-pyrrole nitrogens is 1. The molecule has 1 aromatic carbocycles. The van der Waals surface area contributed by atoms with Crippen molar-refractivity contribution in [2.24, 2.45) is 0 Å². The molecule has 1 fully saturated rings. The van der Waals surface area contributed by atoms with Crippen LogP contribution in [0.3, 0.4) is 0 Å². The Morgan fingerprint density at radius 2 is 1.95 bits per heavy atom. The average molecular weight is 549 g/mol. The normalized spacial score (nSPS) is 18.4. The van der Waals surface area contributed by atoms with Crippen LogP contribution in [0.25, 0.3) is 0 Å². The summed E-state index contributed by atoms with van der Waals surface area (Å²) >= 11 is 0. The fourth-order valence-corrected chi connectivity index (χ4v) is 5.07. The van der Waals surface area contributed by atoms with Gasteiger partial charge in [0.25, 0.3) is 0 Å². The largest absolute Gasteiger partial charge is 0.496 e. The minimum absolute atomic E-state index is 0.211. The molecule has 13 heteroatoms. The molecule has 210 valence electrons. The van der Waals surface area contributed by atoms with Crippen LogP contribution >= 0.6 is 0 Å². The number of aromatic amines is 1. The third-order valence-corrected chi connectivity index (χ3v) is 7.10. The predicted molar refractivity (Wildman–Crippen MR) is 148 cm³/mol. The average Bonchev–Trinajstić information content (AvgIpc) is 3.63. The van der Waals surface area contributed by atoms with E-state index in [-0.39, 0.29) is 37.1 Å². The number of aromatic nitrogens is 4. The van der Waals surface area contributed by atoms with Crippen LogP contribution in [0.5, 0.6) is 11.5 Å². The number of amides is 3. The van der Waals surface area contributed by atoms with E-state index in [1.807, 2.05) is 19.9 Å². The number of nitrogens with zero attached hydrogens (tertiary/aromatic N) is 5. The Hall–Kier alpha value is -4.65. The molecule has 0 aliphatic carbocycles. The Bertz CT molecular complexity index is 1400.